The second-order valence-electron chi connectivity index (χ2n) is 12.0. The van der Waals surface area contributed by atoms with Crippen LogP contribution in [-0.2, 0) is 22.6 Å². The summed E-state index contributed by atoms with van der Waals surface area (Å²) in [6, 6.07) is 0. The Balaban J connectivity index is 1.60. The molecule has 224 valence electrons. The van der Waals surface area contributed by atoms with Crippen LogP contribution in [0.15, 0.2) is 38.9 Å². The largest absolute Gasteiger partial charge is 0.492 e. The van der Waals surface area contributed by atoms with Crippen LogP contribution in [0.25, 0.3) is 34.1 Å². The Morgan fingerprint density at radius 3 is 2.14 bits per heavy atom. The monoisotopic (exact) mass is 580 g/mol. The summed E-state index contributed by atoms with van der Waals surface area (Å²) in [7, 11) is 3.40. The number of allylic oxidation sites excluding steroid dienone is 3. The van der Waals surface area contributed by atoms with Gasteiger partial charge in [0.1, 0.15) is 12.4 Å². The van der Waals surface area contributed by atoms with Crippen LogP contribution in [0.1, 0.15) is 103 Å². The van der Waals surface area contributed by atoms with Crippen molar-refractivity contribution in [1.82, 2.24) is 0 Å². The Labute approximate surface area is 253 Å². The molecular formula is C37H40O6. The Morgan fingerprint density at radius 2 is 1.53 bits per heavy atom. The van der Waals surface area contributed by atoms with Crippen molar-refractivity contribution in [2.45, 2.75) is 79.2 Å². The molecule has 0 amide bonds. The molecule has 4 aromatic rings. The fraction of sp³-hybridized carbons (Fsp3) is 0.378. The normalized spacial score (nSPS) is 17.8. The van der Waals surface area contributed by atoms with E-state index in [1.165, 1.54) is 11.1 Å². The molecule has 0 fully saturated rings. The predicted molar refractivity (Wildman–Crippen MR) is 171 cm³/mol. The molecule has 6 heteroatoms. The number of esters is 1. The van der Waals surface area contributed by atoms with E-state index in [-0.39, 0.29) is 18.5 Å². The highest BCUT2D eigenvalue weighted by molar-refractivity contribution is 5.98. The molecule has 0 saturated carbocycles. The number of aryl methyl sites for hydroxylation is 2. The first-order chi connectivity index (χ1) is 20.7. The number of benzene rings is 2. The Morgan fingerprint density at radius 1 is 0.930 bits per heavy atom. The lowest BCUT2D eigenvalue weighted by molar-refractivity contribution is -0.140. The summed E-state index contributed by atoms with van der Waals surface area (Å²) in [4.78, 5) is 12.8. The van der Waals surface area contributed by atoms with Crippen molar-refractivity contribution in [1.29, 1.82) is 0 Å². The molecule has 2 aliphatic carbocycles. The molecule has 43 heavy (non-hydrogen) atoms. The minimum atomic E-state index is -0.315. The maximum Gasteiger partial charge on any atom is 0.333 e. The van der Waals surface area contributed by atoms with Gasteiger partial charge in [0.2, 0.25) is 0 Å². The van der Waals surface area contributed by atoms with E-state index in [2.05, 4.69) is 52.0 Å². The third kappa shape index (κ3) is 4.50. The number of rotatable bonds is 7. The van der Waals surface area contributed by atoms with E-state index in [4.69, 9.17) is 23.0 Å². The van der Waals surface area contributed by atoms with E-state index < -0.39 is 0 Å². The van der Waals surface area contributed by atoms with Gasteiger partial charge < -0.3 is 23.0 Å². The van der Waals surface area contributed by atoms with Crippen LogP contribution < -0.4 is 9.47 Å². The molecule has 0 N–H and O–H groups in total. The fourth-order valence-corrected chi connectivity index (χ4v) is 7.06. The maximum atomic E-state index is 12.8. The lowest BCUT2D eigenvalue weighted by Crippen LogP contribution is -2.12. The van der Waals surface area contributed by atoms with E-state index in [0.29, 0.717) is 23.5 Å². The van der Waals surface area contributed by atoms with E-state index in [9.17, 15) is 4.79 Å². The molecule has 6 nitrogen and oxygen atoms in total. The number of hydrogen-bond acceptors (Lipinski definition) is 6. The van der Waals surface area contributed by atoms with Gasteiger partial charge in [-0.1, -0.05) is 44.2 Å². The molecule has 0 unspecified atom stereocenters. The van der Waals surface area contributed by atoms with Crippen LogP contribution >= 0.6 is 0 Å². The summed E-state index contributed by atoms with van der Waals surface area (Å²) >= 11 is 0. The van der Waals surface area contributed by atoms with E-state index in [1.807, 2.05) is 13.2 Å². The van der Waals surface area contributed by atoms with Gasteiger partial charge in [0, 0.05) is 39.5 Å². The van der Waals surface area contributed by atoms with Gasteiger partial charge in [-0.2, -0.15) is 0 Å². The van der Waals surface area contributed by atoms with Gasteiger partial charge in [-0.05, 0) is 80.2 Å². The maximum absolute atomic E-state index is 12.8. The minimum Gasteiger partial charge on any atom is -0.492 e. The van der Waals surface area contributed by atoms with Crippen LogP contribution in [-0.4, -0.2) is 20.2 Å². The zero-order valence-electron chi connectivity index (χ0n) is 26.4. The van der Waals surface area contributed by atoms with Crippen molar-refractivity contribution < 1.29 is 27.8 Å². The van der Waals surface area contributed by atoms with Crippen molar-refractivity contribution >= 4 is 40.1 Å². The molecule has 2 aromatic carbocycles. The number of fused-ring (bicyclic) bond motifs is 4. The van der Waals surface area contributed by atoms with Crippen molar-refractivity contribution in [2.75, 3.05) is 14.2 Å². The van der Waals surface area contributed by atoms with Crippen molar-refractivity contribution in [2.24, 2.45) is 0 Å². The molecule has 6 rings (SSSR count). The van der Waals surface area contributed by atoms with Crippen LogP contribution in [0, 0.1) is 13.8 Å². The van der Waals surface area contributed by atoms with E-state index in [0.717, 1.165) is 79.8 Å². The molecule has 0 aliphatic heterocycles. The lowest BCUT2D eigenvalue weighted by Gasteiger charge is -2.25. The highest BCUT2D eigenvalue weighted by Gasteiger charge is 2.32. The number of furan rings is 2. The zero-order chi connectivity index (χ0) is 30.6. The standard InChI is InChI=1S/C37H40O6/c1-9-19(2)37(38)42-18-27-30-21(4)13-11-15-25(30)34(40-8)36-32(27)23(6)28(43-36)16-26-29-20(3)12-10-14-24(29)33(39-7)35-31(26)22(5)17-41-35/h9-11,14-15,17,20-21H,12-13,16,18H2,1-8H3/b19-9-/t20-,21-/m0/s1. The molecular weight excluding hydrogens is 540 g/mol. The zero-order valence-corrected chi connectivity index (χ0v) is 26.4. The number of methoxy groups -OCH3 is 2. The highest BCUT2D eigenvalue weighted by Crippen LogP contribution is 2.49. The van der Waals surface area contributed by atoms with E-state index >= 15 is 0 Å². The number of ether oxygens (including phenoxy) is 3. The van der Waals surface area contributed by atoms with Gasteiger partial charge in [0.25, 0.3) is 0 Å². The van der Waals surface area contributed by atoms with E-state index in [1.54, 1.807) is 27.2 Å². The Bertz CT molecular complexity index is 1860. The SMILES string of the molecule is C/C=C(/C)C(=O)OCc1c2c(c(OC)c3oc(Cc4c5c(c(OC)c6occ(C)c46)C=CC[C@@H]5C)c(C)c13)C=CC[C@@H]2C. The summed E-state index contributed by atoms with van der Waals surface area (Å²) in [6.45, 7) is 12.5. The molecule has 2 aliphatic rings. The van der Waals surface area contributed by atoms with Gasteiger partial charge in [-0.25, -0.2) is 4.79 Å². The smallest absolute Gasteiger partial charge is 0.333 e. The van der Waals surface area contributed by atoms with Crippen molar-refractivity contribution in [3.8, 4) is 11.5 Å². The van der Waals surface area contributed by atoms with Crippen LogP contribution in [0.2, 0.25) is 0 Å². The van der Waals surface area contributed by atoms with Crippen molar-refractivity contribution in [3.63, 3.8) is 0 Å². The number of hydrogen-bond donors (Lipinski definition) is 0. The average molecular weight is 581 g/mol. The molecule has 0 bridgehead atoms. The second kappa shape index (κ2) is 11.1. The quantitative estimate of drug-likeness (QED) is 0.160. The first kappa shape index (κ1) is 28.9. The average Bonchev–Trinajstić information content (AvgIpc) is 3.54. The molecule has 0 spiro atoms. The first-order valence-electron chi connectivity index (χ1n) is 15.1. The third-order valence-electron chi connectivity index (χ3n) is 9.34. The van der Waals surface area contributed by atoms with Gasteiger partial charge in [-0.15, -0.1) is 0 Å². The Kier molecular flexibility index (Phi) is 7.49. The molecule has 0 saturated heterocycles. The van der Waals surface area contributed by atoms with Gasteiger partial charge in [0.05, 0.1) is 20.5 Å². The summed E-state index contributed by atoms with van der Waals surface area (Å²) < 4.78 is 30.7. The highest BCUT2D eigenvalue weighted by atomic mass is 16.5. The van der Waals surface area contributed by atoms with Gasteiger partial charge in [0.15, 0.2) is 22.7 Å². The summed E-state index contributed by atoms with van der Waals surface area (Å²) in [5.41, 5.74) is 10.8. The Hall–Kier alpha value is -4.19. The minimum absolute atomic E-state index is 0.162. The first-order valence-corrected chi connectivity index (χ1v) is 15.1. The molecule has 2 atom stereocenters. The summed E-state index contributed by atoms with van der Waals surface area (Å²) in [5, 5.41) is 2.05. The predicted octanol–water partition coefficient (Wildman–Crippen LogP) is 9.45. The molecule has 2 heterocycles. The van der Waals surface area contributed by atoms with Crippen LogP contribution in [0.3, 0.4) is 0 Å². The van der Waals surface area contributed by atoms with Crippen LogP contribution in [0.5, 0.6) is 11.5 Å². The van der Waals surface area contributed by atoms with Crippen LogP contribution in [0.4, 0.5) is 0 Å². The lowest BCUT2D eigenvalue weighted by atomic mass is 9.80. The second-order valence-corrected chi connectivity index (χ2v) is 12.0. The topological polar surface area (TPSA) is 71.0 Å². The number of carbonyl (C=O) groups excluding carboxylic acids is 1. The molecule has 2 aromatic heterocycles. The van der Waals surface area contributed by atoms with Gasteiger partial charge in [-0.3, -0.25) is 0 Å². The molecule has 0 radical (unpaired) electrons. The summed E-state index contributed by atoms with van der Waals surface area (Å²) in [6.07, 6.45) is 14.7. The summed E-state index contributed by atoms with van der Waals surface area (Å²) in [5.74, 6) is 2.60. The number of carbonyl (C=O) groups is 1. The van der Waals surface area contributed by atoms with Gasteiger partial charge >= 0.3 is 5.97 Å². The fourth-order valence-electron chi connectivity index (χ4n) is 7.06. The van der Waals surface area contributed by atoms with Crippen molar-refractivity contribution in [3.05, 3.63) is 80.3 Å². The third-order valence-corrected chi connectivity index (χ3v) is 9.34.